The summed E-state index contributed by atoms with van der Waals surface area (Å²) in [7, 11) is 6.71. The van der Waals surface area contributed by atoms with Gasteiger partial charge in [0.05, 0.1) is 21.3 Å². The maximum Gasteiger partial charge on any atom is 0.246 e. The monoisotopic (exact) mass is 391 g/mol. The zero-order valence-corrected chi connectivity index (χ0v) is 17.0. The Bertz CT molecular complexity index is 718. The molecule has 2 amide bonds. The summed E-state index contributed by atoms with van der Waals surface area (Å²) in [6, 6.07) is 3.63. The standard InChI is InChI=1S/C20H29N3O5/c1-22-9-6-20(7-10-22,23-8-5-17(23)24)19(25)21-13-14-11-15(26-2)18(28-4)16(12-14)27-3/h11-12H,5-10,13H2,1-4H3,(H,21,25). The molecule has 0 aliphatic carbocycles. The van der Waals surface area contributed by atoms with E-state index in [0.29, 0.717) is 49.6 Å². The van der Waals surface area contributed by atoms with E-state index in [1.807, 2.05) is 19.2 Å². The van der Waals surface area contributed by atoms with E-state index < -0.39 is 5.54 Å². The normalized spacial score (nSPS) is 19.0. The van der Waals surface area contributed by atoms with Crippen molar-refractivity contribution in [1.82, 2.24) is 15.1 Å². The summed E-state index contributed by atoms with van der Waals surface area (Å²) in [4.78, 5) is 29.3. The maximum atomic E-state index is 13.2. The number of nitrogens with one attached hydrogen (secondary N) is 1. The number of hydrogen-bond acceptors (Lipinski definition) is 6. The first-order valence-corrected chi connectivity index (χ1v) is 9.51. The molecule has 8 nitrogen and oxygen atoms in total. The molecule has 1 aromatic carbocycles. The number of benzene rings is 1. The van der Waals surface area contributed by atoms with Gasteiger partial charge in [-0.05, 0) is 37.6 Å². The van der Waals surface area contributed by atoms with Gasteiger partial charge in [-0.2, -0.15) is 0 Å². The lowest BCUT2D eigenvalue weighted by molar-refractivity contribution is -0.160. The molecule has 2 heterocycles. The van der Waals surface area contributed by atoms with Crippen LogP contribution in [0.25, 0.3) is 0 Å². The van der Waals surface area contributed by atoms with Gasteiger partial charge < -0.3 is 29.3 Å². The number of amides is 2. The van der Waals surface area contributed by atoms with E-state index >= 15 is 0 Å². The molecule has 154 valence electrons. The van der Waals surface area contributed by atoms with E-state index in [2.05, 4.69) is 10.2 Å². The molecule has 1 aromatic rings. The fourth-order valence-electron chi connectivity index (χ4n) is 3.96. The smallest absolute Gasteiger partial charge is 0.246 e. The minimum atomic E-state index is -0.748. The van der Waals surface area contributed by atoms with Gasteiger partial charge in [0.2, 0.25) is 17.6 Å². The van der Waals surface area contributed by atoms with E-state index in [9.17, 15) is 9.59 Å². The van der Waals surface area contributed by atoms with Crippen LogP contribution in [0.4, 0.5) is 0 Å². The Morgan fingerprint density at radius 2 is 1.68 bits per heavy atom. The van der Waals surface area contributed by atoms with Gasteiger partial charge in [-0.3, -0.25) is 9.59 Å². The molecule has 2 saturated heterocycles. The van der Waals surface area contributed by atoms with Crippen LogP contribution in [-0.4, -0.2) is 75.2 Å². The molecule has 2 aliphatic rings. The first-order valence-electron chi connectivity index (χ1n) is 9.51. The lowest BCUT2D eigenvalue weighted by Crippen LogP contribution is -2.68. The predicted molar refractivity (Wildman–Crippen MR) is 104 cm³/mol. The first-order chi connectivity index (χ1) is 13.4. The summed E-state index contributed by atoms with van der Waals surface area (Å²) in [5.74, 6) is 1.56. The van der Waals surface area contributed by atoms with Gasteiger partial charge in [-0.1, -0.05) is 0 Å². The summed E-state index contributed by atoms with van der Waals surface area (Å²) < 4.78 is 16.1. The Kier molecular flexibility index (Phi) is 5.98. The molecule has 0 unspecified atom stereocenters. The van der Waals surface area contributed by atoms with Gasteiger partial charge in [-0.25, -0.2) is 0 Å². The van der Waals surface area contributed by atoms with Crippen molar-refractivity contribution < 1.29 is 23.8 Å². The Hall–Kier alpha value is -2.48. The molecule has 0 radical (unpaired) electrons. The number of methoxy groups -OCH3 is 3. The van der Waals surface area contributed by atoms with E-state index in [1.54, 1.807) is 26.2 Å². The summed E-state index contributed by atoms with van der Waals surface area (Å²) in [5.41, 5.74) is 0.0866. The Morgan fingerprint density at radius 3 is 2.11 bits per heavy atom. The van der Waals surface area contributed by atoms with Crippen molar-refractivity contribution in [3.63, 3.8) is 0 Å². The van der Waals surface area contributed by atoms with Crippen molar-refractivity contribution in [3.8, 4) is 17.2 Å². The predicted octanol–water partition coefficient (Wildman–Crippen LogP) is 1.03. The van der Waals surface area contributed by atoms with Crippen LogP contribution in [0.3, 0.4) is 0 Å². The molecular weight excluding hydrogens is 362 g/mol. The van der Waals surface area contributed by atoms with Crippen LogP contribution < -0.4 is 19.5 Å². The number of hydrogen-bond donors (Lipinski definition) is 1. The number of β-lactam (4-membered cyclic amide) rings is 1. The van der Waals surface area contributed by atoms with Crippen LogP contribution in [0.2, 0.25) is 0 Å². The van der Waals surface area contributed by atoms with Crippen LogP contribution in [-0.2, 0) is 16.1 Å². The first kappa shape index (κ1) is 20.3. The van der Waals surface area contributed by atoms with E-state index in [4.69, 9.17) is 14.2 Å². The van der Waals surface area contributed by atoms with Gasteiger partial charge >= 0.3 is 0 Å². The third kappa shape index (κ3) is 3.61. The Balaban J connectivity index is 1.77. The summed E-state index contributed by atoms with van der Waals surface area (Å²) >= 11 is 0. The zero-order valence-electron chi connectivity index (χ0n) is 17.0. The molecule has 0 spiro atoms. The van der Waals surface area contributed by atoms with E-state index in [1.165, 1.54) is 0 Å². The van der Waals surface area contributed by atoms with Crippen molar-refractivity contribution in [2.75, 3.05) is 48.0 Å². The highest BCUT2D eigenvalue weighted by atomic mass is 16.5. The number of likely N-dealkylation sites (tertiary alicyclic amines) is 2. The molecule has 0 aromatic heterocycles. The number of carbonyl (C=O) groups is 2. The number of nitrogens with zero attached hydrogens (tertiary/aromatic N) is 2. The molecule has 1 N–H and O–H groups in total. The topological polar surface area (TPSA) is 80.3 Å². The highest BCUT2D eigenvalue weighted by molar-refractivity contribution is 5.94. The largest absolute Gasteiger partial charge is 0.493 e. The quantitative estimate of drug-likeness (QED) is 0.700. The van der Waals surface area contributed by atoms with Crippen molar-refractivity contribution in [2.24, 2.45) is 0 Å². The fourth-order valence-corrected chi connectivity index (χ4v) is 3.96. The number of carbonyl (C=O) groups excluding carboxylic acids is 2. The molecule has 0 bridgehead atoms. The third-order valence-corrected chi connectivity index (χ3v) is 5.78. The van der Waals surface area contributed by atoms with Crippen molar-refractivity contribution >= 4 is 11.8 Å². The minimum Gasteiger partial charge on any atom is -0.493 e. The second kappa shape index (κ2) is 8.26. The number of ether oxygens (including phenoxy) is 3. The third-order valence-electron chi connectivity index (χ3n) is 5.78. The second-order valence-electron chi connectivity index (χ2n) is 7.35. The maximum absolute atomic E-state index is 13.2. The van der Waals surface area contributed by atoms with Crippen LogP contribution in [0.15, 0.2) is 12.1 Å². The van der Waals surface area contributed by atoms with Gasteiger partial charge in [0.1, 0.15) is 5.54 Å². The lowest BCUT2D eigenvalue weighted by atomic mass is 9.82. The van der Waals surface area contributed by atoms with Crippen molar-refractivity contribution in [3.05, 3.63) is 17.7 Å². The Labute approximate surface area is 165 Å². The van der Waals surface area contributed by atoms with Crippen LogP contribution in [0, 0.1) is 0 Å². The average Bonchev–Trinajstić information content (AvgIpc) is 2.71. The van der Waals surface area contributed by atoms with E-state index in [-0.39, 0.29) is 11.8 Å². The Morgan fingerprint density at radius 1 is 1.07 bits per heavy atom. The lowest BCUT2D eigenvalue weighted by Gasteiger charge is -2.50. The molecule has 2 aliphatic heterocycles. The number of piperidine rings is 1. The van der Waals surface area contributed by atoms with Gasteiger partial charge in [0.25, 0.3) is 0 Å². The second-order valence-corrected chi connectivity index (χ2v) is 7.35. The molecule has 0 saturated carbocycles. The van der Waals surface area contributed by atoms with Crippen LogP contribution in [0.5, 0.6) is 17.2 Å². The van der Waals surface area contributed by atoms with Gasteiger partial charge in [0, 0.05) is 32.6 Å². The minimum absolute atomic E-state index is 0.0625. The summed E-state index contributed by atoms with van der Waals surface area (Å²) in [6.45, 7) is 2.55. The fraction of sp³-hybridized carbons (Fsp3) is 0.600. The highest BCUT2D eigenvalue weighted by Gasteiger charge is 2.50. The van der Waals surface area contributed by atoms with Crippen molar-refractivity contribution in [2.45, 2.75) is 31.3 Å². The molecule has 2 fully saturated rings. The summed E-state index contributed by atoms with van der Waals surface area (Å²) in [5, 5.41) is 3.03. The van der Waals surface area contributed by atoms with Crippen LogP contribution in [0.1, 0.15) is 24.8 Å². The molecule has 28 heavy (non-hydrogen) atoms. The average molecular weight is 391 g/mol. The van der Waals surface area contributed by atoms with E-state index in [0.717, 1.165) is 18.7 Å². The SMILES string of the molecule is COc1cc(CNC(=O)C2(N3CCC3=O)CCN(C)CC2)cc(OC)c1OC. The molecular formula is C20H29N3O5. The zero-order chi connectivity index (χ0) is 20.3. The highest BCUT2D eigenvalue weighted by Crippen LogP contribution is 2.38. The molecule has 0 atom stereocenters. The molecule has 8 heteroatoms. The van der Waals surface area contributed by atoms with Gasteiger partial charge in [-0.15, -0.1) is 0 Å². The summed E-state index contributed by atoms with van der Waals surface area (Å²) in [6.07, 6.45) is 1.82. The molecule has 3 rings (SSSR count). The van der Waals surface area contributed by atoms with Gasteiger partial charge in [0.15, 0.2) is 11.5 Å². The van der Waals surface area contributed by atoms with Crippen molar-refractivity contribution in [1.29, 1.82) is 0 Å². The number of rotatable bonds is 7. The van der Waals surface area contributed by atoms with Crippen LogP contribution >= 0.6 is 0 Å².